The Morgan fingerprint density at radius 2 is 1.72 bits per heavy atom. The van der Waals surface area contributed by atoms with Crippen molar-refractivity contribution in [3.63, 3.8) is 0 Å². The van der Waals surface area contributed by atoms with Crippen molar-refractivity contribution in [1.29, 1.82) is 0 Å². The van der Waals surface area contributed by atoms with Gasteiger partial charge < -0.3 is 16.0 Å². The molecule has 0 atom stereocenters. The molecule has 3 N–H and O–H groups in total. The number of carbonyl (C=O) groups is 3. The van der Waals surface area contributed by atoms with Crippen LogP contribution in [0.3, 0.4) is 0 Å². The lowest BCUT2D eigenvalue weighted by Crippen LogP contribution is -2.35. The molecule has 6 heteroatoms. The lowest BCUT2D eigenvalue weighted by atomic mass is 10.2. The van der Waals surface area contributed by atoms with Gasteiger partial charge in [0, 0.05) is 25.2 Å². The topological polar surface area (TPSA) is 87.3 Å². The zero-order valence-corrected chi connectivity index (χ0v) is 10.2. The Morgan fingerprint density at radius 1 is 1.11 bits per heavy atom. The molecule has 0 heterocycles. The van der Waals surface area contributed by atoms with Gasteiger partial charge in [0.25, 0.3) is 5.91 Å². The number of nitrogens with one attached hydrogen (secondary N) is 3. The number of amides is 3. The second-order valence-corrected chi connectivity index (χ2v) is 3.61. The van der Waals surface area contributed by atoms with Gasteiger partial charge in [-0.05, 0) is 24.3 Å². The minimum atomic E-state index is -0.340. The highest BCUT2D eigenvalue weighted by Gasteiger charge is 2.07. The second kappa shape index (κ2) is 6.39. The number of carbonyl (C=O) groups excluding carboxylic acids is 3. The molecule has 0 radical (unpaired) electrons. The summed E-state index contributed by atoms with van der Waals surface area (Å²) in [5.41, 5.74) is 1.04. The zero-order valence-electron chi connectivity index (χ0n) is 10.2. The third-order valence-corrected chi connectivity index (χ3v) is 2.16. The third-order valence-electron chi connectivity index (χ3n) is 2.16. The number of anilines is 1. The molecule has 6 nitrogen and oxygen atoms in total. The van der Waals surface area contributed by atoms with Crippen molar-refractivity contribution in [3.8, 4) is 0 Å². The van der Waals surface area contributed by atoms with E-state index in [0.717, 1.165) is 0 Å². The van der Waals surface area contributed by atoms with Crippen molar-refractivity contribution in [2.24, 2.45) is 0 Å². The Kier molecular flexibility index (Phi) is 4.86. The van der Waals surface area contributed by atoms with E-state index in [-0.39, 0.29) is 24.3 Å². The van der Waals surface area contributed by atoms with Crippen LogP contribution < -0.4 is 16.0 Å². The largest absolute Gasteiger partial charge is 0.358 e. The molecular weight excluding hydrogens is 234 g/mol. The summed E-state index contributed by atoms with van der Waals surface area (Å²) in [6.45, 7) is 1.34. The minimum Gasteiger partial charge on any atom is -0.358 e. The van der Waals surface area contributed by atoms with Gasteiger partial charge in [-0.15, -0.1) is 0 Å². The maximum absolute atomic E-state index is 11.6. The number of hydrogen-bond acceptors (Lipinski definition) is 3. The van der Waals surface area contributed by atoms with Crippen LogP contribution in [0.15, 0.2) is 24.3 Å². The fourth-order valence-corrected chi connectivity index (χ4v) is 1.26. The average molecular weight is 249 g/mol. The summed E-state index contributed by atoms with van der Waals surface area (Å²) in [4.78, 5) is 33.4. The first-order chi connectivity index (χ1) is 8.52. The summed E-state index contributed by atoms with van der Waals surface area (Å²) in [5.74, 6) is -0.780. The Balaban J connectivity index is 2.59. The van der Waals surface area contributed by atoms with Gasteiger partial charge >= 0.3 is 0 Å². The van der Waals surface area contributed by atoms with Gasteiger partial charge in [0.1, 0.15) is 0 Å². The lowest BCUT2D eigenvalue weighted by molar-refractivity contribution is -0.119. The van der Waals surface area contributed by atoms with Crippen LogP contribution in [0.2, 0.25) is 0 Å². The molecule has 1 aromatic rings. The van der Waals surface area contributed by atoms with Crippen LogP contribution in [0, 0.1) is 0 Å². The van der Waals surface area contributed by atoms with Crippen LogP contribution in [0.4, 0.5) is 5.69 Å². The minimum absolute atomic E-state index is 0.0667. The van der Waals surface area contributed by atoms with Crippen molar-refractivity contribution in [3.05, 3.63) is 29.8 Å². The molecule has 18 heavy (non-hydrogen) atoms. The van der Waals surface area contributed by atoms with Crippen molar-refractivity contribution >= 4 is 23.4 Å². The molecule has 96 valence electrons. The molecule has 0 aromatic heterocycles. The molecule has 0 bridgehead atoms. The summed E-state index contributed by atoms with van der Waals surface area (Å²) in [7, 11) is 1.50. The first-order valence-electron chi connectivity index (χ1n) is 5.39. The lowest BCUT2D eigenvalue weighted by Gasteiger charge is -2.06. The van der Waals surface area contributed by atoms with Crippen LogP contribution >= 0.6 is 0 Å². The normalized spacial score (nSPS) is 9.44. The van der Waals surface area contributed by atoms with Crippen molar-refractivity contribution < 1.29 is 14.4 Å². The van der Waals surface area contributed by atoms with Crippen LogP contribution in [0.5, 0.6) is 0 Å². The quantitative estimate of drug-likeness (QED) is 0.708. The maximum Gasteiger partial charge on any atom is 0.251 e. The first-order valence-corrected chi connectivity index (χ1v) is 5.39. The molecule has 0 saturated heterocycles. The molecule has 0 fully saturated rings. The van der Waals surface area contributed by atoms with Crippen molar-refractivity contribution in [2.45, 2.75) is 6.92 Å². The Labute approximate surface area is 105 Å². The monoisotopic (exact) mass is 249 g/mol. The van der Waals surface area contributed by atoms with E-state index in [1.165, 1.54) is 14.0 Å². The van der Waals surface area contributed by atoms with Crippen molar-refractivity contribution in [1.82, 2.24) is 10.6 Å². The highest BCUT2D eigenvalue weighted by Crippen LogP contribution is 2.09. The summed E-state index contributed by atoms with van der Waals surface area (Å²) >= 11 is 0. The first kappa shape index (κ1) is 13.7. The Morgan fingerprint density at radius 3 is 2.22 bits per heavy atom. The van der Waals surface area contributed by atoms with Gasteiger partial charge in [-0.3, -0.25) is 14.4 Å². The molecule has 3 amide bonds. The summed E-state index contributed by atoms with van der Waals surface area (Å²) < 4.78 is 0. The summed E-state index contributed by atoms with van der Waals surface area (Å²) in [5, 5.41) is 7.47. The average Bonchev–Trinajstić information content (AvgIpc) is 2.35. The SMILES string of the molecule is CNC(=O)CNC(=O)c1ccc(NC(C)=O)cc1. The molecule has 0 saturated carbocycles. The molecule has 0 aliphatic heterocycles. The highest BCUT2D eigenvalue weighted by atomic mass is 16.2. The number of hydrogen-bond donors (Lipinski definition) is 3. The Hall–Kier alpha value is -2.37. The smallest absolute Gasteiger partial charge is 0.251 e. The third kappa shape index (κ3) is 4.25. The van der Waals surface area contributed by atoms with E-state index in [1.807, 2.05) is 0 Å². The van der Waals surface area contributed by atoms with Gasteiger partial charge in [0.05, 0.1) is 6.54 Å². The van der Waals surface area contributed by atoms with Gasteiger partial charge in [0.2, 0.25) is 11.8 Å². The molecule has 0 aliphatic carbocycles. The van der Waals surface area contributed by atoms with Crippen LogP contribution in [0.25, 0.3) is 0 Å². The molecule has 1 aromatic carbocycles. The van der Waals surface area contributed by atoms with E-state index >= 15 is 0 Å². The van der Waals surface area contributed by atoms with E-state index < -0.39 is 0 Å². The molecule has 0 unspecified atom stereocenters. The number of benzene rings is 1. The highest BCUT2D eigenvalue weighted by molar-refractivity contribution is 5.97. The summed E-state index contributed by atoms with van der Waals surface area (Å²) in [6, 6.07) is 6.39. The standard InChI is InChI=1S/C12H15N3O3/c1-8(16)15-10-5-3-9(4-6-10)12(18)14-7-11(17)13-2/h3-6H,7H2,1-2H3,(H,13,17)(H,14,18)(H,15,16). The molecular formula is C12H15N3O3. The molecule has 0 spiro atoms. The van der Waals surface area contributed by atoms with Crippen LogP contribution in [-0.2, 0) is 9.59 Å². The van der Waals surface area contributed by atoms with E-state index in [9.17, 15) is 14.4 Å². The van der Waals surface area contributed by atoms with E-state index in [1.54, 1.807) is 24.3 Å². The van der Waals surface area contributed by atoms with Crippen LogP contribution in [0.1, 0.15) is 17.3 Å². The number of likely N-dealkylation sites (N-methyl/N-ethyl adjacent to an activating group) is 1. The second-order valence-electron chi connectivity index (χ2n) is 3.61. The predicted molar refractivity (Wildman–Crippen MR) is 67.1 cm³/mol. The zero-order chi connectivity index (χ0) is 13.5. The van der Waals surface area contributed by atoms with Gasteiger partial charge in [-0.2, -0.15) is 0 Å². The fraction of sp³-hybridized carbons (Fsp3) is 0.250. The van der Waals surface area contributed by atoms with Crippen LogP contribution in [-0.4, -0.2) is 31.3 Å². The van der Waals surface area contributed by atoms with Gasteiger partial charge in [-0.1, -0.05) is 0 Å². The number of rotatable bonds is 4. The Bertz CT molecular complexity index is 454. The van der Waals surface area contributed by atoms with E-state index in [0.29, 0.717) is 11.3 Å². The van der Waals surface area contributed by atoms with Crippen molar-refractivity contribution in [2.75, 3.05) is 18.9 Å². The van der Waals surface area contributed by atoms with Gasteiger partial charge in [0.15, 0.2) is 0 Å². The van der Waals surface area contributed by atoms with Gasteiger partial charge in [-0.25, -0.2) is 0 Å². The maximum atomic E-state index is 11.6. The molecule has 1 rings (SSSR count). The summed E-state index contributed by atoms with van der Waals surface area (Å²) in [6.07, 6.45) is 0. The van der Waals surface area contributed by atoms with E-state index in [4.69, 9.17) is 0 Å². The molecule has 0 aliphatic rings. The predicted octanol–water partition coefficient (Wildman–Crippen LogP) is 0.121. The fourth-order valence-electron chi connectivity index (χ4n) is 1.26. The van der Waals surface area contributed by atoms with E-state index in [2.05, 4.69) is 16.0 Å².